The fourth-order valence-electron chi connectivity index (χ4n) is 3.17. The molecule has 2 heterocycles. The van der Waals surface area contributed by atoms with Gasteiger partial charge in [0, 0.05) is 12.3 Å². The molecule has 1 aliphatic rings. The second kappa shape index (κ2) is 8.32. The van der Waals surface area contributed by atoms with Gasteiger partial charge in [0.25, 0.3) is 0 Å². The summed E-state index contributed by atoms with van der Waals surface area (Å²) in [5.74, 6) is 0.529. The van der Waals surface area contributed by atoms with Crippen molar-refractivity contribution in [3.8, 4) is 6.07 Å². The van der Waals surface area contributed by atoms with Crippen molar-refractivity contribution in [3.05, 3.63) is 16.8 Å². The van der Waals surface area contributed by atoms with Gasteiger partial charge in [-0.1, -0.05) is 13.8 Å². The van der Waals surface area contributed by atoms with Crippen LogP contribution in [0.1, 0.15) is 43.5 Å². The van der Waals surface area contributed by atoms with Crippen LogP contribution in [0.15, 0.2) is 0 Å². The molecule has 1 unspecified atom stereocenters. The molecule has 1 saturated heterocycles. The molecule has 6 heteroatoms. The molecule has 0 saturated carbocycles. The van der Waals surface area contributed by atoms with Gasteiger partial charge in [-0.15, -0.1) is 0 Å². The van der Waals surface area contributed by atoms with Gasteiger partial charge in [-0.25, -0.2) is 0 Å². The molecule has 132 valence electrons. The van der Waals surface area contributed by atoms with Crippen LogP contribution < -0.4 is 5.32 Å². The molecule has 1 fully saturated rings. The van der Waals surface area contributed by atoms with E-state index in [1.54, 1.807) is 0 Å². The van der Waals surface area contributed by atoms with Gasteiger partial charge >= 0.3 is 0 Å². The monoisotopic (exact) mass is 332 g/mol. The average Bonchev–Trinajstić information content (AvgIpc) is 3.16. The third-order valence-corrected chi connectivity index (χ3v) is 4.87. The maximum atomic E-state index is 12.4. The van der Waals surface area contributed by atoms with Crippen LogP contribution in [0, 0.1) is 25.2 Å². The number of likely N-dealkylation sites (N-methyl/N-ethyl adjacent to an activating group) is 1. The van der Waals surface area contributed by atoms with E-state index >= 15 is 0 Å². The number of carbonyl (C=O) groups is 1. The van der Waals surface area contributed by atoms with Gasteiger partial charge < -0.3 is 14.6 Å². The summed E-state index contributed by atoms with van der Waals surface area (Å²) in [4.78, 5) is 14.5. The molecular weight excluding hydrogens is 304 g/mol. The Morgan fingerprint density at radius 2 is 2.12 bits per heavy atom. The van der Waals surface area contributed by atoms with Crippen LogP contribution >= 0.6 is 0 Å². The van der Waals surface area contributed by atoms with E-state index in [-0.39, 0.29) is 12.0 Å². The lowest BCUT2D eigenvalue weighted by Crippen LogP contribution is -2.33. The highest BCUT2D eigenvalue weighted by atomic mass is 16.5. The van der Waals surface area contributed by atoms with Gasteiger partial charge in [0.2, 0.25) is 5.91 Å². The fourth-order valence-corrected chi connectivity index (χ4v) is 3.17. The predicted octanol–water partition coefficient (Wildman–Crippen LogP) is 2.44. The number of nitrogens with one attached hydrogen (secondary N) is 1. The highest BCUT2D eigenvalue weighted by molar-refractivity contribution is 5.93. The number of aromatic nitrogens is 1. The Labute approximate surface area is 144 Å². The highest BCUT2D eigenvalue weighted by Crippen LogP contribution is 2.28. The normalized spacial score (nSPS) is 17.2. The van der Waals surface area contributed by atoms with E-state index in [0.29, 0.717) is 24.5 Å². The molecule has 1 atom stereocenters. The van der Waals surface area contributed by atoms with Crippen LogP contribution in [0.5, 0.6) is 0 Å². The Balaban J connectivity index is 2.24. The quantitative estimate of drug-likeness (QED) is 0.832. The summed E-state index contributed by atoms with van der Waals surface area (Å²) in [6, 6.07) is 2.25. The first-order valence-electron chi connectivity index (χ1n) is 8.75. The molecule has 2 rings (SSSR count). The summed E-state index contributed by atoms with van der Waals surface area (Å²) < 4.78 is 7.76. The molecule has 6 nitrogen and oxygen atoms in total. The van der Waals surface area contributed by atoms with E-state index in [2.05, 4.69) is 16.3 Å². The van der Waals surface area contributed by atoms with Crippen LogP contribution in [0.2, 0.25) is 0 Å². The molecule has 0 spiro atoms. The van der Waals surface area contributed by atoms with Gasteiger partial charge in [0.05, 0.1) is 24.8 Å². The Bertz CT molecular complexity index is 620. The second-order valence-corrected chi connectivity index (χ2v) is 6.30. The Morgan fingerprint density at radius 1 is 1.42 bits per heavy atom. The first-order valence-corrected chi connectivity index (χ1v) is 8.75. The fraction of sp³-hybridized carbons (Fsp3) is 0.667. The van der Waals surface area contributed by atoms with Crippen molar-refractivity contribution in [2.75, 3.05) is 31.6 Å². The summed E-state index contributed by atoms with van der Waals surface area (Å²) in [6.45, 7) is 11.4. The Morgan fingerprint density at radius 3 is 2.67 bits per heavy atom. The number of hydrogen-bond acceptors (Lipinski definition) is 4. The minimum Gasteiger partial charge on any atom is -0.376 e. The summed E-state index contributed by atoms with van der Waals surface area (Å²) in [5, 5.41) is 12.5. The highest BCUT2D eigenvalue weighted by Gasteiger charge is 2.24. The third-order valence-electron chi connectivity index (χ3n) is 4.87. The zero-order chi connectivity index (χ0) is 17.7. The van der Waals surface area contributed by atoms with Crippen molar-refractivity contribution < 1.29 is 9.53 Å². The molecule has 24 heavy (non-hydrogen) atoms. The molecule has 0 aromatic carbocycles. The number of amides is 1. The average molecular weight is 332 g/mol. The minimum atomic E-state index is -0.0821. The number of carbonyl (C=O) groups excluding carboxylic acids is 1. The molecule has 1 amide bonds. The third kappa shape index (κ3) is 3.97. The van der Waals surface area contributed by atoms with Gasteiger partial charge in [-0.3, -0.25) is 9.69 Å². The molecule has 1 aromatic rings. The van der Waals surface area contributed by atoms with Crippen molar-refractivity contribution in [2.24, 2.45) is 0 Å². The number of anilines is 1. The number of nitriles is 1. The van der Waals surface area contributed by atoms with E-state index in [0.717, 1.165) is 43.8 Å². The lowest BCUT2D eigenvalue weighted by atomic mass is 10.2. The van der Waals surface area contributed by atoms with E-state index < -0.39 is 0 Å². The van der Waals surface area contributed by atoms with Gasteiger partial charge in [0.1, 0.15) is 11.9 Å². The van der Waals surface area contributed by atoms with Gasteiger partial charge in [-0.05, 0) is 45.3 Å². The van der Waals surface area contributed by atoms with Crippen molar-refractivity contribution >= 4 is 11.7 Å². The van der Waals surface area contributed by atoms with Crippen molar-refractivity contribution in [1.82, 2.24) is 9.47 Å². The molecule has 0 bridgehead atoms. The Kier molecular flexibility index (Phi) is 6.41. The van der Waals surface area contributed by atoms with Crippen LogP contribution in [0.4, 0.5) is 5.82 Å². The number of hydrogen-bond donors (Lipinski definition) is 1. The number of nitrogens with zero attached hydrogens (tertiary/aromatic N) is 3. The van der Waals surface area contributed by atoms with E-state index in [4.69, 9.17) is 4.74 Å². The zero-order valence-electron chi connectivity index (χ0n) is 15.2. The smallest absolute Gasteiger partial charge is 0.239 e. The molecule has 1 aliphatic heterocycles. The second-order valence-electron chi connectivity index (χ2n) is 6.30. The number of rotatable bonds is 7. The molecule has 0 aliphatic carbocycles. The largest absolute Gasteiger partial charge is 0.376 e. The van der Waals surface area contributed by atoms with Crippen LogP contribution in [-0.2, 0) is 16.1 Å². The maximum absolute atomic E-state index is 12.4. The lowest BCUT2D eigenvalue weighted by Gasteiger charge is -2.19. The molecule has 1 aromatic heterocycles. The summed E-state index contributed by atoms with van der Waals surface area (Å²) in [6.07, 6.45) is 2.24. The number of ether oxygens (including phenoxy) is 1. The van der Waals surface area contributed by atoms with Crippen LogP contribution in [0.3, 0.4) is 0 Å². The Hall–Kier alpha value is -1.84. The predicted molar refractivity (Wildman–Crippen MR) is 94.0 cm³/mol. The maximum Gasteiger partial charge on any atom is 0.239 e. The van der Waals surface area contributed by atoms with E-state index in [1.807, 2.05) is 32.3 Å². The summed E-state index contributed by atoms with van der Waals surface area (Å²) in [7, 11) is 0. The summed E-state index contributed by atoms with van der Waals surface area (Å²) in [5.41, 5.74) is 2.49. The molecular formula is C18H28N4O2. The van der Waals surface area contributed by atoms with Crippen molar-refractivity contribution in [3.63, 3.8) is 0 Å². The van der Waals surface area contributed by atoms with Crippen molar-refractivity contribution in [1.29, 1.82) is 5.26 Å². The molecule has 0 radical (unpaired) electrons. The van der Waals surface area contributed by atoms with Gasteiger partial charge in [0.15, 0.2) is 0 Å². The standard InChI is InChI=1S/C18H28N4O2/c1-5-21(6-2)12-17(23)20-18-16(10-19)13(3)14(4)22(18)11-15-8-7-9-24-15/h15H,5-9,11-12H2,1-4H3,(H,20,23). The van der Waals surface area contributed by atoms with Crippen molar-refractivity contribution in [2.45, 2.75) is 53.2 Å². The summed E-state index contributed by atoms with van der Waals surface area (Å²) >= 11 is 0. The first-order chi connectivity index (χ1) is 11.5. The SMILES string of the molecule is CCN(CC)CC(=O)Nc1c(C#N)c(C)c(C)n1CC1CCCO1. The van der Waals surface area contributed by atoms with Gasteiger partial charge in [-0.2, -0.15) is 5.26 Å². The zero-order valence-corrected chi connectivity index (χ0v) is 15.2. The topological polar surface area (TPSA) is 70.3 Å². The van der Waals surface area contributed by atoms with E-state index in [9.17, 15) is 10.1 Å². The van der Waals surface area contributed by atoms with E-state index in [1.165, 1.54) is 0 Å². The minimum absolute atomic E-state index is 0.0821. The van der Waals surface area contributed by atoms with Crippen LogP contribution in [0.25, 0.3) is 0 Å². The van der Waals surface area contributed by atoms with Crippen LogP contribution in [-0.4, -0.2) is 47.7 Å². The molecule has 1 N–H and O–H groups in total. The first kappa shape index (κ1) is 18.5. The lowest BCUT2D eigenvalue weighted by molar-refractivity contribution is -0.117.